The van der Waals surface area contributed by atoms with E-state index in [0.29, 0.717) is 6.61 Å². The van der Waals surface area contributed by atoms with Crippen molar-refractivity contribution in [1.29, 1.82) is 0 Å². The summed E-state index contributed by atoms with van der Waals surface area (Å²) in [7, 11) is 4.31. The molecule has 0 aliphatic carbocycles. The highest BCUT2D eigenvalue weighted by Crippen LogP contribution is 2.36. The lowest BCUT2D eigenvalue weighted by Gasteiger charge is -2.39. The molecule has 0 unspecified atom stereocenters. The van der Waals surface area contributed by atoms with E-state index in [9.17, 15) is 0 Å². The Morgan fingerprint density at radius 1 is 1.07 bits per heavy atom. The summed E-state index contributed by atoms with van der Waals surface area (Å²) in [5, 5.41) is 0. The Labute approximate surface area is 170 Å². The molecule has 4 nitrogen and oxygen atoms in total. The van der Waals surface area contributed by atoms with Gasteiger partial charge in [0.25, 0.3) is 0 Å². The smallest absolute Gasteiger partial charge is 0.119 e. The summed E-state index contributed by atoms with van der Waals surface area (Å²) < 4.78 is 11.6. The number of nitrogens with zero attached hydrogens (tertiary/aromatic N) is 2. The van der Waals surface area contributed by atoms with E-state index in [1.54, 1.807) is 0 Å². The summed E-state index contributed by atoms with van der Waals surface area (Å²) in [6, 6.07) is 8.75. The molecular weight excluding hydrogens is 348 g/mol. The molecule has 2 aliphatic rings. The number of rotatable bonds is 8. The van der Waals surface area contributed by atoms with Crippen molar-refractivity contribution < 1.29 is 9.47 Å². The molecule has 1 aromatic carbocycles. The molecule has 0 N–H and O–H groups in total. The Hall–Kier alpha value is -1.78. The van der Waals surface area contributed by atoms with Crippen molar-refractivity contribution in [2.45, 2.75) is 43.9 Å². The number of hydrogen-bond acceptors (Lipinski definition) is 4. The van der Waals surface area contributed by atoms with Gasteiger partial charge in [-0.3, -0.25) is 0 Å². The molecule has 154 valence electrons. The molecule has 0 amide bonds. The molecule has 0 saturated carbocycles. The fourth-order valence-corrected chi connectivity index (χ4v) is 4.53. The van der Waals surface area contributed by atoms with Crippen LogP contribution in [0.25, 0.3) is 0 Å². The molecule has 1 aromatic rings. The third kappa shape index (κ3) is 5.18. The number of likely N-dealkylation sites (tertiary alicyclic amines) is 1. The minimum atomic E-state index is 0.190. The van der Waals surface area contributed by atoms with Crippen LogP contribution in [0.1, 0.15) is 44.1 Å². The Kier molecular flexibility index (Phi) is 7.19. The summed E-state index contributed by atoms with van der Waals surface area (Å²) in [5.74, 6) is 0.951. The lowest BCUT2D eigenvalue weighted by molar-refractivity contribution is 0.0401. The Morgan fingerprint density at radius 3 is 2.32 bits per heavy atom. The molecule has 0 atom stereocenters. The van der Waals surface area contributed by atoms with Gasteiger partial charge in [0.1, 0.15) is 5.75 Å². The Morgan fingerprint density at radius 2 is 1.71 bits per heavy atom. The second-order valence-corrected chi connectivity index (χ2v) is 8.49. The van der Waals surface area contributed by atoms with Gasteiger partial charge in [-0.05, 0) is 70.3 Å². The number of likely N-dealkylation sites (N-methyl/N-ethyl adjacent to an activating group) is 1. The van der Waals surface area contributed by atoms with Gasteiger partial charge in [-0.1, -0.05) is 25.3 Å². The number of allylic oxidation sites excluding steroid dienone is 2. The molecule has 28 heavy (non-hydrogen) atoms. The van der Waals surface area contributed by atoms with Crippen molar-refractivity contribution in [3.05, 3.63) is 54.4 Å². The molecule has 2 heterocycles. The molecule has 0 spiro atoms. The first kappa shape index (κ1) is 20.9. The van der Waals surface area contributed by atoms with Crippen LogP contribution in [-0.2, 0) is 10.2 Å². The van der Waals surface area contributed by atoms with E-state index in [4.69, 9.17) is 9.47 Å². The number of hydrogen-bond donors (Lipinski definition) is 0. The second kappa shape index (κ2) is 9.62. The molecule has 0 bridgehead atoms. The first-order chi connectivity index (χ1) is 13.5. The van der Waals surface area contributed by atoms with Crippen LogP contribution in [0.3, 0.4) is 0 Å². The van der Waals surface area contributed by atoms with Crippen molar-refractivity contribution >= 4 is 0 Å². The number of benzene rings is 1. The molecule has 0 radical (unpaired) electrons. The first-order valence-electron chi connectivity index (χ1n) is 10.6. The fraction of sp³-hybridized carbons (Fsp3) is 0.583. The third-order valence-electron chi connectivity index (χ3n) is 6.02. The highest BCUT2D eigenvalue weighted by atomic mass is 16.5. The maximum absolute atomic E-state index is 6.00. The van der Waals surface area contributed by atoms with Crippen molar-refractivity contribution in [3.63, 3.8) is 0 Å². The highest BCUT2D eigenvalue weighted by Gasteiger charge is 2.34. The summed E-state index contributed by atoms with van der Waals surface area (Å²) in [5.41, 5.74) is 3.99. The monoisotopic (exact) mass is 384 g/mol. The molecule has 4 heteroatoms. The van der Waals surface area contributed by atoms with Crippen molar-refractivity contribution in [2.75, 3.05) is 47.0 Å². The lowest BCUT2D eigenvalue weighted by atomic mass is 9.74. The molecule has 3 rings (SSSR count). The first-order valence-corrected chi connectivity index (χ1v) is 10.6. The average Bonchev–Trinajstić information content (AvgIpc) is 2.68. The van der Waals surface area contributed by atoms with Crippen LogP contribution in [0.15, 0.2) is 48.8 Å². The second-order valence-electron chi connectivity index (χ2n) is 8.49. The van der Waals surface area contributed by atoms with Crippen LogP contribution >= 0.6 is 0 Å². The van der Waals surface area contributed by atoms with E-state index in [1.807, 2.05) is 0 Å². The largest absolute Gasteiger partial charge is 0.494 e. The van der Waals surface area contributed by atoms with Gasteiger partial charge in [0.2, 0.25) is 0 Å². The Bertz CT molecular complexity index is 644. The average molecular weight is 385 g/mol. The molecular formula is C24H36N2O2. The van der Waals surface area contributed by atoms with E-state index in [2.05, 4.69) is 61.3 Å². The molecule has 2 fully saturated rings. The summed E-state index contributed by atoms with van der Waals surface area (Å²) in [6.45, 7) is 12.8. The van der Waals surface area contributed by atoms with Crippen LogP contribution in [0.5, 0.6) is 5.75 Å². The van der Waals surface area contributed by atoms with E-state index < -0.39 is 0 Å². The van der Waals surface area contributed by atoms with Gasteiger partial charge in [-0.25, -0.2) is 0 Å². The van der Waals surface area contributed by atoms with Crippen LogP contribution in [-0.4, -0.2) is 56.8 Å². The van der Waals surface area contributed by atoms with E-state index in [-0.39, 0.29) is 5.41 Å². The maximum Gasteiger partial charge on any atom is 0.119 e. The summed E-state index contributed by atoms with van der Waals surface area (Å²) >= 11 is 0. The van der Waals surface area contributed by atoms with E-state index >= 15 is 0 Å². The summed E-state index contributed by atoms with van der Waals surface area (Å²) in [6.07, 6.45) is 6.48. The maximum atomic E-state index is 6.00. The predicted octanol–water partition coefficient (Wildman–Crippen LogP) is 4.58. The van der Waals surface area contributed by atoms with Crippen molar-refractivity contribution in [2.24, 2.45) is 0 Å². The predicted molar refractivity (Wildman–Crippen MR) is 116 cm³/mol. The van der Waals surface area contributed by atoms with Gasteiger partial charge < -0.3 is 19.3 Å². The van der Waals surface area contributed by atoms with Gasteiger partial charge in [-0.15, -0.1) is 0 Å². The zero-order chi connectivity index (χ0) is 20.0. The van der Waals surface area contributed by atoms with Crippen molar-refractivity contribution in [3.8, 4) is 5.75 Å². The van der Waals surface area contributed by atoms with Crippen molar-refractivity contribution in [1.82, 2.24) is 9.80 Å². The molecule has 2 saturated heterocycles. The van der Waals surface area contributed by atoms with Crippen LogP contribution < -0.4 is 4.74 Å². The standard InChI is InChI=1S/C24H36N2O2/c1-20-7-5-8-21(2)26(20)15-6-16-28-23-11-9-22(10-12-23)24(19-25(3)4)13-17-27-18-14-24/h9-12H,1-2,5-8,13-19H2,3-4H3. The van der Waals surface area contributed by atoms with Gasteiger partial charge >= 0.3 is 0 Å². The minimum absolute atomic E-state index is 0.190. The van der Waals surface area contributed by atoms with Gasteiger partial charge in [0, 0.05) is 43.1 Å². The van der Waals surface area contributed by atoms with Gasteiger partial charge in [0.05, 0.1) is 6.61 Å². The Balaban J connectivity index is 1.52. The number of piperidine rings is 1. The van der Waals surface area contributed by atoms with Crippen LogP contribution in [0.4, 0.5) is 0 Å². The SMILES string of the molecule is C=C1CCCC(=C)N1CCCOc1ccc(C2(CN(C)C)CCOCC2)cc1. The number of ether oxygens (including phenoxy) is 2. The van der Waals surface area contributed by atoms with Crippen LogP contribution in [0.2, 0.25) is 0 Å². The zero-order valence-corrected chi connectivity index (χ0v) is 17.7. The quantitative estimate of drug-likeness (QED) is 0.613. The van der Waals surface area contributed by atoms with E-state index in [0.717, 1.165) is 64.2 Å². The fourth-order valence-electron chi connectivity index (χ4n) is 4.53. The third-order valence-corrected chi connectivity index (χ3v) is 6.02. The minimum Gasteiger partial charge on any atom is -0.494 e. The lowest BCUT2D eigenvalue weighted by Crippen LogP contribution is -2.42. The molecule has 0 aromatic heterocycles. The summed E-state index contributed by atoms with van der Waals surface area (Å²) in [4.78, 5) is 4.56. The van der Waals surface area contributed by atoms with Gasteiger partial charge in [0.15, 0.2) is 0 Å². The van der Waals surface area contributed by atoms with Crippen LogP contribution in [0, 0.1) is 0 Å². The normalized spacial score (nSPS) is 19.9. The topological polar surface area (TPSA) is 24.9 Å². The van der Waals surface area contributed by atoms with Gasteiger partial charge in [-0.2, -0.15) is 0 Å². The van der Waals surface area contributed by atoms with E-state index in [1.165, 1.54) is 23.4 Å². The molecule has 2 aliphatic heterocycles. The zero-order valence-electron chi connectivity index (χ0n) is 17.7. The highest BCUT2D eigenvalue weighted by molar-refractivity contribution is 5.33.